The summed E-state index contributed by atoms with van der Waals surface area (Å²) in [5.74, 6) is 0.562. The van der Waals surface area contributed by atoms with Crippen molar-refractivity contribution in [3.05, 3.63) is 76.5 Å². The first-order valence-corrected chi connectivity index (χ1v) is 10.0. The number of rotatable bonds is 4. The number of hydrogen-bond acceptors (Lipinski definition) is 4. The molecule has 0 spiro atoms. The first kappa shape index (κ1) is 17.9. The molecule has 5 rings (SSSR count). The molecular formula is C22H23N5O2. The molecule has 2 aliphatic heterocycles. The lowest BCUT2D eigenvalue weighted by molar-refractivity contribution is 0.0932. The van der Waals surface area contributed by atoms with Gasteiger partial charge in [-0.15, -0.1) is 0 Å². The van der Waals surface area contributed by atoms with Crippen LogP contribution in [0, 0.1) is 5.92 Å². The molecule has 3 aromatic rings. The molecule has 29 heavy (non-hydrogen) atoms. The highest BCUT2D eigenvalue weighted by atomic mass is 16.1. The second-order valence-corrected chi connectivity index (χ2v) is 7.85. The van der Waals surface area contributed by atoms with Crippen LogP contribution in [0.1, 0.15) is 34.4 Å². The summed E-state index contributed by atoms with van der Waals surface area (Å²) in [5, 5.41) is 13.3. The van der Waals surface area contributed by atoms with E-state index in [2.05, 4.69) is 20.8 Å². The molecule has 0 radical (unpaired) electrons. The molecule has 148 valence electrons. The van der Waals surface area contributed by atoms with Crippen LogP contribution < -0.4 is 16.2 Å². The van der Waals surface area contributed by atoms with Crippen LogP contribution in [-0.4, -0.2) is 40.3 Å². The maximum Gasteiger partial charge on any atom is 0.251 e. The van der Waals surface area contributed by atoms with E-state index in [0.717, 1.165) is 36.3 Å². The van der Waals surface area contributed by atoms with Crippen molar-refractivity contribution >= 4 is 5.91 Å². The van der Waals surface area contributed by atoms with Crippen LogP contribution in [0.2, 0.25) is 0 Å². The van der Waals surface area contributed by atoms with E-state index in [0.29, 0.717) is 23.9 Å². The monoisotopic (exact) mass is 389 g/mol. The van der Waals surface area contributed by atoms with E-state index in [4.69, 9.17) is 0 Å². The summed E-state index contributed by atoms with van der Waals surface area (Å²) >= 11 is 0. The predicted molar refractivity (Wildman–Crippen MR) is 110 cm³/mol. The summed E-state index contributed by atoms with van der Waals surface area (Å²) in [6.45, 7) is 2.21. The third-order valence-electron chi connectivity index (χ3n) is 6.13. The quantitative estimate of drug-likeness (QED) is 0.636. The van der Waals surface area contributed by atoms with Crippen molar-refractivity contribution in [1.82, 2.24) is 25.4 Å². The van der Waals surface area contributed by atoms with Gasteiger partial charge < -0.3 is 15.2 Å². The highest BCUT2D eigenvalue weighted by Crippen LogP contribution is 2.38. The van der Waals surface area contributed by atoms with Gasteiger partial charge in [0.25, 0.3) is 11.5 Å². The summed E-state index contributed by atoms with van der Waals surface area (Å²) < 4.78 is 1.90. The molecule has 3 atom stereocenters. The van der Waals surface area contributed by atoms with Gasteiger partial charge in [0, 0.05) is 54.6 Å². The van der Waals surface area contributed by atoms with Gasteiger partial charge in [-0.3, -0.25) is 14.7 Å². The number of nitrogens with one attached hydrogen (secondary N) is 3. The average Bonchev–Trinajstić information content (AvgIpc) is 3.29. The van der Waals surface area contributed by atoms with E-state index < -0.39 is 0 Å². The lowest BCUT2D eigenvalue weighted by atomic mass is 9.79. The van der Waals surface area contributed by atoms with Gasteiger partial charge in [-0.2, -0.15) is 5.10 Å². The first-order chi connectivity index (χ1) is 14.2. The molecule has 2 bridgehead atoms. The largest absolute Gasteiger partial charge is 0.350 e. The van der Waals surface area contributed by atoms with E-state index >= 15 is 0 Å². The number of piperidine rings is 1. The third kappa shape index (κ3) is 3.27. The standard InChI is InChI=1S/C22H23N5O2/c28-21-6-2-5-19-16-8-17(10-23-9-16)20(27(19)21)13-24-22(29)15-4-1-3-14(7-15)18-11-25-26-12-18/h1-7,11-12,16-17,20,23H,8-10,13H2,(H,24,29)(H,25,26)/t16-,17+,20+/m1/s1. The number of amides is 1. The van der Waals surface area contributed by atoms with Gasteiger partial charge >= 0.3 is 0 Å². The fourth-order valence-corrected chi connectivity index (χ4v) is 4.71. The van der Waals surface area contributed by atoms with Crippen LogP contribution in [0.25, 0.3) is 11.1 Å². The fourth-order valence-electron chi connectivity index (χ4n) is 4.71. The van der Waals surface area contributed by atoms with Crippen molar-refractivity contribution in [3.63, 3.8) is 0 Å². The van der Waals surface area contributed by atoms with Crippen LogP contribution in [0.4, 0.5) is 0 Å². The lowest BCUT2D eigenvalue weighted by Gasteiger charge is -2.43. The zero-order valence-electron chi connectivity index (χ0n) is 16.0. The number of benzene rings is 1. The van der Waals surface area contributed by atoms with Gasteiger partial charge in [-0.1, -0.05) is 18.2 Å². The molecule has 0 unspecified atom stereocenters. The van der Waals surface area contributed by atoms with Gasteiger partial charge in [-0.05, 0) is 36.1 Å². The number of fused-ring (bicyclic) bond motifs is 4. The molecule has 0 aliphatic carbocycles. The average molecular weight is 389 g/mol. The molecule has 1 fully saturated rings. The number of nitrogens with zero attached hydrogens (tertiary/aromatic N) is 2. The maximum atomic E-state index is 12.8. The van der Waals surface area contributed by atoms with E-state index in [1.165, 1.54) is 0 Å². The number of pyridine rings is 1. The minimum atomic E-state index is -0.133. The lowest BCUT2D eigenvalue weighted by Crippen LogP contribution is -2.50. The molecule has 1 amide bonds. The Morgan fingerprint density at radius 2 is 2.07 bits per heavy atom. The van der Waals surface area contributed by atoms with Crippen LogP contribution in [0.5, 0.6) is 0 Å². The topological polar surface area (TPSA) is 91.8 Å². The Labute approximate surface area is 168 Å². The van der Waals surface area contributed by atoms with Crippen LogP contribution in [0.15, 0.2) is 59.7 Å². The van der Waals surface area contributed by atoms with Crippen molar-refractivity contribution in [3.8, 4) is 11.1 Å². The van der Waals surface area contributed by atoms with E-state index in [9.17, 15) is 9.59 Å². The molecule has 3 N–H and O–H groups in total. The summed E-state index contributed by atoms with van der Waals surface area (Å²) in [5.41, 5.74) is 3.55. The Balaban J connectivity index is 1.38. The summed E-state index contributed by atoms with van der Waals surface area (Å²) in [6.07, 6.45) is 4.58. The Morgan fingerprint density at radius 1 is 1.17 bits per heavy atom. The summed E-state index contributed by atoms with van der Waals surface area (Å²) in [4.78, 5) is 25.5. The number of hydrogen-bond donors (Lipinski definition) is 3. The van der Waals surface area contributed by atoms with Gasteiger partial charge in [0.2, 0.25) is 0 Å². The Hall–Kier alpha value is -3.19. The van der Waals surface area contributed by atoms with Gasteiger partial charge in [0.1, 0.15) is 0 Å². The number of carbonyl (C=O) groups is 1. The number of carbonyl (C=O) groups excluding carboxylic acids is 1. The van der Waals surface area contributed by atoms with Gasteiger partial charge in [0.05, 0.1) is 12.2 Å². The Bertz CT molecular complexity index is 1090. The molecule has 4 heterocycles. The maximum absolute atomic E-state index is 12.8. The molecule has 1 saturated heterocycles. The van der Waals surface area contributed by atoms with Crippen molar-refractivity contribution in [2.24, 2.45) is 5.92 Å². The molecule has 2 aliphatic rings. The zero-order chi connectivity index (χ0) is 19.8. The molecule has 2 aromatic heterocycles. The smallest absolute Gasteiger partial charge is 0.251 e. The second-order valence-electron chi connectivity index (χ2n) is 7.85. The van der Waals surface area contributed by atoms with Crippen LogP contribution in [0.3, 0.4) is 0 Å². The zero-order valence-corrected chi connectivity index (χ0v) is 16.0. The Morgan fingerprint density at radius 3 is 2.93 bits per heavy atom. The SMILES string of the molecule is O=C(NC[C@H]1[C@@H]2CNC[C@@H](C2)c2cccc(=O)n21)c1cccc(-c2cn[nH]c2)c1. The number of aromatic amines is 1. The van der Waals surface area contributed by atoms with Crippen molar-refractivity contribution in [2.45, 2.75) is 18.4 Å². The van der Waals surface area contributed by atoms with E-state index in [-0.39, 0.29) is 17.5 Å². The molecule has 7 heteroatoms. The van der Waals surface area contributed by atoms with Crippen molar-refractivity contribution < 1.29 is 4.79 Å². The van der Waals surface area contributed by atoms with Gasteiger partial charge in [-0.25, -0.2) is 0 Å². The first-order valence-electron chi connectivity index (χ1n) is 10.0. The summed E-state index contributed by atoms with van der Waals surface area (Å²) in [6, 6.07) is 12.9. The minimum absolute atomic E-state index is 0.0142. The van der Waals surface area contributed by atoms with E-state index in [1.807, 2.05) is 34.9 Å². The Kier molecular flexibility index (Phi) is 4.52. The highest BCUT2D eigenvalue weighted by Gasteiger charge is 2.37. The normalized spacial score (nSPS) is 22.7. The van der Waals surface area contributed by atoms with Crippen LogP contribution in [-0.2, 0) is 0 Å². The van der Waals surface area contributed by atoms with Crippen molar-refractivity contribution in [1.29, 1.82) is 0 Å². The third-order valence-corrected chi connectivity index (χ3v) is 6.13. The van der Waals surface area contributed by atoms with E-state index in [1.54, 1.807) is 24.5 Å². The number of H-pyrrole nitrogens is 1. The number of aromatic nitrogens is 3. The molecule has 1 aromatic carbocycles. The molecular weight excluding hydrogens is 366 g/mol. The predicted octanol–water partition coefficient (Wildman–Crippen LogP) is 1.92. The minimum Gasteiger partial charge on any atom is -0.350 e. The second kappa shape index (κ2) is 7.33. The fraction of sp³-hybridized carbons (Fsp3) is 0.318. The highest BCUT2D eigenvalue weighted by molar-refractivity contribution is 5.95. The summed E-state index contributed by atoms with van der Waals surface area (Å²) in [7, 11) is 0. The molecule has 0 saturated carbocycles. The molecule has 7 nitrogen and oxygen atoms in total. The van der Waals surface area contributed by atoms with Crippen LogP contribution >= 0.6 is 0 Å². The van der Waals surface area contributed by atoms with Gasteiger partial charge in [0.15, 0.2) is 0 Å². The van der Waals surface area contributed by atoms with Crippen molar-refractivity contribution in [2.75, 3.05) is 19.6 Å².